The molecule has 0 aliphatic rings. The average Bonchev–Trinajstić information content (AvgIpc) is 2.85. The van der Waals surface area contributed by atoms with Crippen molar-refractivity contribution in [3.05, 3.63) is 15.8 Å². The van der Waals surface area contributed by atoms with Crippen LogP contribution >= 0.6 is 0 Å². The number of hydrazine groups is 1. The van der Waals surface area contributed by atoms with E-state index in [1.165, 1.54) is 18.7 Å². The van der Waals surface area contributed by atoms with E-state index in [1.54, 1.807) is 0 Å². The fourth-order valence-corrected chi connectivity index (χ4v) is 2.44. The molecule has 0 radical (unpaired) electrons. The number of carbonyl (C=O) groups excluding carboxylic acids is 2. The number of hydrogen-bond acceptors (Lipinski definition) is 7. The van der Waals surface area contributed by atoms with Crippen molar-refractivity contribution in [2.75, 3.05) is 12.0 Å². The molecule has 0 saturated heterocycles. The van der Waals surface area contributed by atoms with Gasteiger partial charge in [-0.1, -0.05) is 26.2 Å². The monoisotopic (exact) mass is 356 g/mol. The van der Waals surface area contributed by atoms with Gasteiger partial charge in [0.2, 0.25) is 18.1 Å². The predicted octanol–water partition coefficient (Wildman–Crippen LogP) is 1.12. The van der Waals surface area contributed by atoms with Gasteiger partial charge in [0.25, 0.3) is 0 Å². The molecular formula is C14H24N6O5. The minimum absolute atomic E-state index is 0.0411. The van der Waals surface area contributed by atoms with E-state index in [-0.39, 0.29) is 30.2 Å². The van der Waals surface area contributed by atoms with Crippen LogP contribution in [0.5, 0.6) is 0 Å². The smallest absolute Gasteiger partial charge is 0.286 e. The van der Waals surface area contributed by atoms with E-state index in [0.717, 1.165) is 19.3 Å². The van der Waals surface area contributed by atoms with E-state index in [9.17, 15) is 24.9 Å². The lowest BCUT2D eigenvalue weighted by Crippen LogP contribution is -2.40. The Balaban J connectivity index is 2.79. The van der Waals surface area contributed by atoms with E-state index in [4.69, 9.17) is 0 Å². The van der Waals surface area contributed by atoms with Crippen molar-refractivity contribution in [2.45, 2.75) is 39.5 Å². The molecule has 140 valence electrons. The summed E-state index contributed by atoms with van der Waals surface area (Å²) in [5.41, 5.74) is 4.89. The number of nitrogens with one attached hydrogen (secondary N) is 2. The standard InChI is InChI=1S/C14H24N6O5/c1-4-5-6-7-11(8-19(23)9-21)14(22)16-15-13-12(20(24)25)10(2)17-18(13)3/h9,11,15,23H,4-8H2,1-3H3,(H,16,22)/t11-/m0/s1. The first-order chi connectivity index (χ1) is 11.8. The van der Waals surface area contributed by atoms with Crippen LogP contribution in [0.3, 0.4) is 0 Å². The highest BCUT2D eigenvalue weighted by atomic mass is 16.6. The van der Waals surface area contributed by atoms with Crippen molar-refractivity contribution in [1.82, 2.24) is 20.3 Å². The van der Waals surface area contributed by atoms with E-state index in [2.05, 4.69) is 16.0 Å². The lowest BCUT2D eigenvalue weighted by Gasteiger charge is -2.19. The summed E-state index contributed by atoms with van der Waals surface area (Å²) in [6, 6.07) is 0. The molecule has 11 heteroatoms. The first kappa shape index (κ1) is 20.4. The van der Waals surface area contributed by atoms with Gasteiger partial charge in [0.05, 0.1) is 17.4 Å². The summed E-state index contributed by atoms with van der Waals surface area (Å²) in [5.74, 6) is -1.09. The Bertz CT molecular complexity index is 617. The minimum Gasteiger partial charge on any atom is -0.286 e. The molecule has 0 bridgehead atoms. The number of amides is 2. The van der Waals surface area contributed by atoms with Crippen molar-refractivity contribution in [2.24, 2.45) is 13.0 Å². The maximum Gasteiger partial charge on any atom is 0.335 e. The third-order valence-corrected chi connectivity index (χ3v) is 3.73. The van der Waals surface area contributed by atoms with Crippen LogP contribution in [-0.4, -0.2) is 43.8 Å². The highest BCUT2D eigenvalue weighted by Gasteiger charge is 2.26. The highest BCUT2D eigenvalue weighted by molar-refractivity contribution is 5.80. The van der Waals surface area contributed by atoms with Gasteiger partial charge in [0.1, 0.15) is 5.69 Å². The van der Waals surface area contributed by atoms with E-state index in [1.807, 2.05) is 6.92 Å². The molecule has 0 aliphatic carbocycles. The number of rotatable bonds is 11. The Hall–Kier alpha value is -2.69. The Morgan fingerprint density at radius 2 is 2.20 bits per heavy atom. The van der Waals surface area contributed by atoms with E-state index >= 15 is 0 Å². The molecule has 1 aromatic rings. The second-order valence-corrected chi connectivity index (χ2v) is 5.70. The summed E-state index contributed by atoms with van der Waals surface area (Å²) in [4.78, 5) is 33.4. The molecule has 0 unspecified atom stereocenters. The largest absolute Gasteiger partial charge is 0.335 e. The summed E-state index contributed by atoms with van der Waals surface area (Å²) < 4.78 is 1.25. The van der Waals surface area contributed by atoms with Crippen molar-refractivity contribution in [1.29, 1.82) is 0 Å². The van der Waals surface area contributed by atoms with Crippen LogP contribution in [0.1, 0.15) is 38.3 Å². The Labute approximate surface area is 145 Å². The number of nitro groups is 1. The van der Waals surface area contributed by atoms with Crippen LogP contribution in [0.4, 0.5) is 11.5 Å². The summed E-state index contributed by atoms with van der Waals surface area (Å²) in [5, 5.41) is 24.8. The zero-order chi connectivity index (χ0) is 19.0. The minimum atomic E-state index is -0.650. The van der Waals surface area contributed by atoms with Gasteiger partial charge >= 0.3 is 5.69 Å². The zero-order valence-corrected chi connectivity index (χ0v) is 14.6. The molecule has 1 rings (SSSR count). The number of nitrogens with zero attached hydrogens (tertiary/aromatic N) is 4. The fraction of sp³-hybridized carbons (Fsp3) is 0.643. The van der Waals surface area contributed by atoms with E-state index in [0.29, 0.717) is 11.5 Å². The second-order valence-electron chi connectivity index (χ2n) is 5.70. The molecule has 0 saturated carbocycles. The van der Waals surface area contributed by atoms with Gasteiger partial charge in [-0.05, 0) is 13.3 Å². The number of carbonyl (C=O) groups is 2. The second kappa shape index (κ2) is 9.57. The maximum atomic E-state index is 12.3. The quantitative estimate of drug-likeness (QED) is 0.177. The van der Waals surface area contributed by atoms with Crippen molar-refractivity contribution < 1.29 is 19.7 Å². The van der Waals surface area contributed by atoms with Crippen molar-refractivity contribution in [3.8, 4) is 0 Å². The van der Waals surface area contributed by atoms with Gasteiger partial charge in [-0.2, -0.15) is 5.10 Å². The van der Waals surface area contributed by atoms with Gasteiger partial charge in [-0.15, -0.1) is 0 Å². The number of aromatic nitrogens is 2. The maximum absolute atomic E-state index is 12.3. The molecule has 1 heterocycles. The summed E-state index contributed by atoms with van der Waals surface area (Å²) in [6.07, 6.45) is 3.33. The van der Waals surface area contributed by atoms with Crippen LogP contribution in [0.2, 0.25) is 0 Å². The molecule has 25 heavy (non-hydrogen) atoms. The topological polar surface area (TPSA) is 143 Å². The first-order valence-electron chi connectivity index (χ1n) is 7.96. The lowest BCUT2D eigenvalue weighted by molar-refractivity contribution is -0.384. The van der Waals surface area contributed by atoms with Gasteiger partial charge in [0, 0.05) is 7.05 Å². The molecule has 1 aromatic heterocycles. The molecule has 0 aromatic carbocycles. The summed E-state index contributed by atoms with van der Waals surface area (Å²) in [6.45, 7) is 3.35. The number of unbranched alkanes of at least 4 members (excludes halogenated alkanes) is 2. The van der Waals surface area contributed by atoms with Gasteiger partial charge in [-0.3, -0.25) is 35.8 Å². The average molecular weight is 356 g/mol. The van der Waals surface area contributed by atoms with Crippen LogP contribution in [0.15, 0.2) is 0 Å². The Morgan fingerprint density at radius 1 is 1.52 bits per heavy atom. The number of hydroxylamine groups is 2. The third-order valence-electron chi connectivity index (χ3n) is 3.73. The third kappa shape index (κ3) is 5.71. The zero-order valence-electron chi connectivity index (χ0n) is 14.6. The van der Waals surface area contributed by atoms with Gasteiger partial charge in [0.15, 0.2) is 0 Å². The molecule has 2 amide bonds. The van der Waals surface area contributed by atoms with Crippen LogP contribution < -0.4 is 10.9 Å². The SMILES string of the molecule is CCCCC[C@@H](CN(O)C=O)C(=O)NNc1c([N+](=O)[O-])c(C)nn1C. The normalized spacial score (nSPS) is 11.7. The van der Waals surface area contributed by atoms with Crippen LogP contribution in [-0.2, 0) is 16.6 Å². The number of hydrogen-bond donors (Lipinski definition) is 3. The van der Waals surface area contributed by atoms with Gasteiger partial charge in [-0.25, -0.2) is 9.75 Å². The summed E-state index contributed by atoms with van der Waals surface area (Å²) in [7, 11) is 1.51. The van der Waals surface area contributed by atoms with Crippen molar-refractivity contribution in [3.63, 3.8) is 0 Å². The fourth-order valence-electron chi connectivity index (χ4n) is 2.44. The molecule has 11 nitrogen and oxygen atoms in total. The number of aryl methyl sites for hydroxylation is 2. The Morgan fingerprint density at radius 3 is 2.76 bits per heavy atom. The molecule has 0 aliphatic heterocycles. The number of anilines is 1. The lowest BCUT2D eigenvalue weighted by atomic mass is 10.0. The Kier molecular flexibility index (Phi) is 7.79. The van der Waals surface area contributed by atoms with Gasteiger partial charge < -0.3 is 0 Å². The first-order valence-corrected chi connectivity index (χ1v) is 7.96. The molecule has 3 N–H and O–H groups in total. The molecule has 0 spiro atoms. The predicted molar refractivity (Wildman–Crippen MR) is 88.6 cm³/mol. The van der Waals surface area contributed by atoms with E-state index < -0.39 is 16.7 Å². The molecular weight excluding hydrogens is 332 g/mol. The van der Waals surface area contributed by atoms with Crippen molar-refractivity contribution >= 4 is 23.8 Å². The molecule has 1 atom stereocenters. The highest BCUT2D eigenvalue weighted by Crippen LogP contribution is 2.26. The molecule has 0 fully saturated rings. The van der Waals surface area contributed by atoms with Crippen LogP contribution in [0.25, 0.3) is 0 Å². The summed E-state index contributed by atoms with van der Waals surface area (Å²) >= 11 is 0. The van der Waals surface area contributed by atoms with Crippen LogP contribution in [0, 0.1) is 23.0 Å².